The number of nitrogens with two attached hydrogens (primary N) is 1. The Morgan fingerprint density at radius 3 is 2.83 bits per heavy atom. The molecule has 2 aromatic rings. The van der Waals surface area contributed by atoms with E-state index in [1.807, 2.05) is 18.2 Å². The second-order valence-electron chi connectivity index (χ2n) is 5.83. The molecule has 18 heavy (non-hydrogen) atoms. The highest BCUT2D eigenvalue weighted by Gasteiger charge is 2.54. The SMILES string of the molecule is Nc1nc2cc(Cl)ccc2n1CC1(C2CC2)CC1. The quantitative estimate of drug-likeness (QED) is 0.920. The highest BCUT2D eigenvalue weighted by molar-refractivity contribution is 6.31. The first-order valence-corrected chi connectivity index (χ1v) is 6.97. The standard InChI is InChI=1S/C14H16ClN3/c15-10-3-4-12-11(7-10)17-13(16)18(12)8-14(5-6-14)9-1-2-9/h3-4,7,9H,1-2,5-6,8H2,(H2,16,17). The topological polar surface area (TPSA) is 43.8 Å². The fourth-order valence-corrected chi connectivity index (χ4v) is 3.32. The summed E-state index contributed by atoms with van der Waals surface area (Å²) in [4.78, 5) is 4.42. The molecule has 2 aliphatic carbocycles. The van der Waals surface area contributed by atoms with Crippen LogP contribution in [0.25, 0.3) is 11.0 Å². The van der Waals surface area contributed by atoms with Crippen molar-refractivity contribution in [3.63, 3.8) is 0 Å². The van der Waals surface area contributed by atoms with Crippen molar-refractivity contribution in [1.82, 2.24) is 9.55 Å². The first-order chi connectivity index (χ1) is 8.68. The van der Waals surface area contributed by atoms with Gasteiger partial charge in [-0.25, -0.2) is 4.98 Å². The highest BCUT2D eigenvalue weighted by Crippen LogP contribution is 2.62. The lowest BCUT2D eigenvalue weighted by Crippen LogP contribution is -2.15. The number of benzene rings is 1. The van der Waals surface area contributed by atoms with Gasteiger partial charge in [0.25, 0.3) is 0 Å². The zero-order valence-corrected chi connectivity index (χ0v) is 11.0. The summed E-state index contributed by atoms with van der Waals surface area (Å²) in [5.74, 6) is 1.56. The molecule has 0 aliphatic heterocycles. The van der Waals surface area contributed by atoms with E-state index in [2.05, 4.69) is 9.55 Å². The van der Waals surface area contributed by atoms with Crippen molar-refractivity contribution in [2.75, 3.05) is 5.73 Å². The molecule has 2 fully saturated rings. The first kappa shape index (κ1) is 10.7. The Bertz CT molecular complexity index is 623. The normalized spacial score (nSPS) is 21.4. The average Bonchev–Trinajstić information content (AvgIpc) is 3.20. The second kappa shape index (κ2) is 3.41. The lowest BCUT2D eigenvalue weighted by Gasteiger charge is -2.16. The summed E-state index contributed by atoms with van der Waals surface area (Å²) in [7, 11) is 0. The van der Waals surface area contributed by atoms with Gasteiger partial charge in [0.05, 0.1) is 11.0 Å². The van der Waals surface area contributed by atoms with Crippen molar-refractivity contribution in [3.8, 4) is 0 Å². The van der Waals surface area contributed by atoms with E-state index in [9.17, 15) is 0 Å². The molecule has 1 heterocycles. The Labute approximate surface area is 111 Å². The third-order valence-corrected chi connectivity index (χ3v) is 4.78. The van der Waals surface area contributed by atoms with Gasteiger partial charge in [0.15, 0.2) is 0 Å². The number of nitrogens with zero attached hydrogens (tertiary/aromatic N) is 2. The van der Waals surface area contributed by atoms with E-state index in [1.165, 1.54) is 25.7 Å². The number of aromatic nitrogens is 2. The molecule has 4 heteroatoms. The number of imidazole rings is 1. The minimum atomic E-state index is 0.529. The van der Waals surface area contributed by atoms with Crippen LogP contribution < -0.4 is 5.73 Å². The fraction of sp³-hybridized carbons (Fsp3) is 0.500. The summed E-state index contributed by atoms with van der Waals surface area (Å²) in [5, 5.41) is 0.718. The van der Waals surface area contributed by atoms with E-state index in [0.29, 0.717) is 11.4 Å². The number of anilines is 1. The molecule has 1 aromatic heterocycles. The predicted molar refractivity (Wildman–Crippen MR) is 73.5 cm³/mol. The Hall–Kier alpha value is -1.22. The van der Waals surface area contributed by atoms with Crippen LogP contribution in [0.15, 0.2) is 18.2 Å². The smallest absolute Gasteiger partial charge is 0.201 e. The second-order valence-corrected chi connectivity index (χ2v) is 6.26. The molecule has 0 amide bonds. The lowest BCUT2D eigenvalue weighted by atomic mass is 10.0. The van der Waals surface area contributed by atoms with Gasteiger partial charge in [-0.05, 0) is 55.2 Å². The van der Waals surface area contributed by atoms with Crippen LogP contribution in [0.5, 0.6) is 0 Å². The average molecular weight is 262 g/mol. The third-order valence-electron chi connectivity index (χ3n) is 4.55. The molecule has 94 valence electrons. The zero-order chi connectivity index (χ0) is 12.3. The lowest BCUT2D eigenvalue weighted by molar-refractivity contribution is 0.377. The van der Waals surface area contributed by atoms with Crippen LogP contribution >= 0.6 is 11.6 Å². The van der Waals surface area contributed by atoms with Gasteiger partial charge in [-0.15, -0.1) is 0 Å². The molecule has 0 spiro atoms. The van der Waals surface area contributed by atoms with Crippen molar-refractivity contribution in [2.24, 2.45) is 11.3 Å². The largest absolute Gasteiger partial charge is 0.369 e. The Morgan fingerprint density at radius 1 is 1.39 bits per heavy atom. The maximum atomic E-state index is 6.07. The number of hydrogen-bond donors (Lipinski definition) is 1. The van der Waals surface area contributed by atoms with E-state index in [1.54, 1.807) is 0 Å². The Kier molecular flexibility index (Phi) is 2.03. The molecule has 1 aromatic carbocycles. The molecule has 0 bridgehead atoms. The summed E-state index contributed by atoms with van der Waals surface area (Å²) in [6.07, 6.45) is 5.51. The monoisotopic (exact) mass is 261 g/mol. The number of halogens is 1. The molecule has 0 unspecified atom stereocenters. The molecular weight excluding hydrogens is 246 g/mol. The zero-order valence-electron chi connectivity index (χ0n) is 10.2. The fourth-order valence-electron chi connectivity index (χ4n) is 3.15. The van der Waals surface area contributed by atoms with Gasteiger partial charge in [0, 0.05) is 11.6 Å². The van der Waals surface area contributed by atoms with Crippen LogP contribution in [0.1, 0.15) is 25.7 Å². The molecular formula is C14H16ClN3. The summed E-state index contributed by atoms with van der Waals surface area (Å²) >= 11 is 6.00. The van der Waals surface area contributed by atoms with E-state index >= 15 is 0 Å². The van der Waals surface area contributed by atoms with Crippen molar-refractivity contribution in [3.05, 3.63) is 23.2 Å². The molecule has 2 aliphatic rings. The number of fused-ring (bicyclic) bond motifs is 1. The molecule has 2 saturated carbocycles. The van der Waals surface area contributed by atoms with Gasteiger partial charge < -0.3 is 10.3 Å². The van der Waals surface area contributed by atoms with Crippen molar-refractivity contribution < 1.29 is 0 Å². The number of hydrogen-bond acceptors (Lipinski definition) is 2. The first-order valence-electron chi connectivity index (χ1n) is 6.59. The number of rotatable bonds is 3. The minimum absolute atomic E-state index is 0.529. The summed E-state index contributed by atoms with van der Waals surface area (Å²) in [5.41, 5.74) is 8.62. The molecule has 0 radical (unpaired) electrons. The van der Waals surface area contributed by atoms with Gasteiger partial charge in [0.1, 0.15) is 0 Å². The van der Waals surface area contributed by atoms with Crippen LogP contribution in [-0.4, -0.2) is 9.55 Å². The summed E-state index contributed by atoms with van der Waals surface area (Å²) < 4.78 is 2.18. The molecule has 3 nitrogen and oxygen atoms in total. The van der Waals surface area contributed by atoms with Gasteiger partial charge in [-0.1, -0.05) is 11.6 Å². The van der Waals surface area contributed by atoms with Gasteiger partial charge in [0.2, 0.25) is 5.95 Å². The van der Waals surface area contributed by atoms with Crippen LogP contribution in [0, 0.1) is 11.3 Å². The highest BCUT2D eigenvalue weighted by atomic mass is 35.5. The third kappa shape index (κ3) is 1.53. The molecule has 0 saturated heterocycles. The maximum absolute atomic E-state index is 6.07. The molecule has 0 atom stereocenters. The summed E-state index contributed by atoms with van der Waals surface area (Å²) in [6, 6.07) is 5.84. The van der Waals surface area contributed by atoms with E-state index in [4.69, 9.17) is 17.3 Å². The van der Waals surface area contributed by atoms with E-state index in [0.717, 1.165) is 28.5 Å². The number of nitrogen functional groups attached to an aromatic ring is 1. The van der Waals surface area contributed by atoms with Crippen molar-refractivity contribution in [2.45, 2.75) is 32.2 Å². The van der Waals surface area contributed by atoms with E-state index < -0.39 is 0 Å². The maximum Gasteiger partial charge on any atom is 0.201 e. The molecule has 4 rings (SSSR count). The van der Waals surface area contributed by atoms with Crippen LogP contribution in [0.4, 0.5) is 5.95 Å². The van der Waals surface area contributed by atoms with Gasteiger partial charge >= 0.3 is 0 Å². The van der Waals surface area contributed by atoms with Crippen molar-refractivity contribution in [1.29, 1.82) is 0 Å². The van der Waals surface area contributed by atoms with Crippen LogP contribution in [0.2, 0.25) is 5.02 Å². The van der Waals surface area contributed by atoms with Crippen LogP contribution in [0.3, 0.4) is 0 Å². The van der Waals surface area contributed by atoms with Gasteiger partial charge in [-0.3, -0.25) is 0 Å². The van der Waals surface area contributed by atoms with Gasteiger partial charge in [-0.2, -0.15) is 0 Å². The van der Waals surface area contributed by atoms with Crippen LogP contribution in [-0.2, 0) is 6.54 Å². The Morgan fingerprint density at radius 2 is 2.17 bits per heavy atom. The predicted octanol–water partition coefficient (Wildman–Crippen LogP) is 3.46. The minimum Gasteiger partial charge on any atom is -0.369 e. The van der Waals surface area contributed by atoms with E-state index in [-0.39, 0.29) is 0 Å². The summed E-state index contributed by atoms with van der Waals surface area (Å²) in [6.45, 7) is 1.03. The molecule has 2 N–H and O–H groups in total. The Balaban J connectivity index is 1.77. The van der Waals surface area contributed by atoms with Crippen molar-refractivity contribution >= 4 is 28.6 Å².